The Labute approximate surface area is 207 Å². The van der Waals surface area contributed by atoms with E-state index in [-0.39, 0.29) is 17.7 Å². The monoisotopic (exact) mass is 480 g/mol. The molecule has 35 heavy (non-hydrogen) atoms. The van der Waals surface area contributed by atoms with E-state index < -0.39 is 5.97 Å². The quantitative estimate of drug-likeness (QED) is 0.679. The number of anilines is 1. The van der Waals surface area contributed by atoms with Crippen LogP contribution in [0.1, 0.15) is 56.1 Å². The highest BCUT2D eigenvalue weighted by atomic mass is 16.5. The maximum atomic E-state index is 13.4. The van der Waals surface area contributed by atoms with Crippen LogP contribution in [0.3, 0.4) is 0 Å². The van der Waals surface area contributed by atoms with Crippen LogP contribution in [-0.2, 0) is 9.53 Å². The summed E-state index contributed by atoms with van der Waals surface area (Å²) in [4.78, 5) is 47.9. The van der Waals surface area contributed by atoms with E-state index in [9.17, 15) is 14.4 Å². The summed E-state index contributed by atoms with van der Waals surface area (Å²) in [5, 5.41) is 0. The molecule has 1 atom stereocenters. The molecule has 8 nitrogen and oxygen atoms in total. The van der Waals surface area contributed by atoms with Crippen LogP contribution in [0, 0.1) is 33.6 Å². The van der Waals surface area contributed by atoms with Crippen molar-refractivity contribution in [2.45, 2.75) is 40.5 Å². The van der Waals surface area contributed by atoms with Crippen LogP contribution >= 0.6 is 0 Å². The first kappa shape index (κ1) is 24.8. The second-order valence-electron chi connectivity index (χ2n) is 9.81. The highest BCUT2D eigenvalue weighted by Gasteiger charge is 2.34. The number of amides is 2. The van der Waals surface area contributed by atoms with Gasteiger partial charge in [0.2, 0.25) is 5.91 Å². The van der Waals surface area contributed by atoms with Gasteiger partial charge < -0.3 is 24.4 Å². The number of carbonyl (C=O) groups excluding carboxylic acids is 3. The van der Waals surface area contributed by atoms with Gasteiger partial charge in [0.1, 0.15) is 5.69 Å². The molecule has 2 aromatic rings. The molecule has 1 aromatic heterocycles. The Kier molecular flexibility index (Phi) is 7.19. The molecule has 2 saturated heterocycles. The lowest BCUT2D eigenvalue weighted by molar-refractivity contribution is -0.137. The molecule has 0 bridgehead atoms. The summed E-state index contributed by atoms with van der Waals surface area (Å²) >= 11 is 0. The number of hydrogen-bond acceptors (Lipinski definition) is 5. The first-order valence-corrected chi connectivity index (χ1v) is 12.4. The molecule has 0 radical (unpaired) electrons. The lowest BCUT2D eigenvalue weighted by Gasteiger charge is -2.40. The number of esters is 1. The zero-order valence-corrected chi connectivity index (χ0v) is 21.4. The highest BCUT2D eigenvalue weighted by molar-refractivity contribution is 6.00. The molecule has 0 spiro atoms. The fourth-order valence-electron chi connectivity index (χ4n) is 5.38. The van der Waals surface area contributed by atoms with Crippen LogP contribution in [0.2, 0.25) is 0 Å². The van der Waals surface area contributed by atoms with Gasteiger partial charge in [-0.1, -0.05) is 12.1 Å². The van der Waals surface area contributed by atoms with Crippen molar-refractivity contribution in [3.8, 4) is 0 Å². The van der Waals surface area contributed by atoms with Crippen molar-refractivity contribution in [1.82, 2.24) is 14.8 Å². The molecular formula is C27H36N4O4. The van der Waals surface area contributed by atoms with Gasteiger partial charge in [-0.15, -0.1) is 0 Å². The van der Waals surface area contributed by atoms with Crippen LogP contribution in [0.5, 0.6) is 0 Å². The lowest BCUT2D eigenvalue weighted by atomic mass is 9.95. The Hall–Kier alpha value is -3.29. The number of H-pyrrole nitrogens is 1. The van der Waals surface area contributed by atoms with Crippen molar-refractivity contribution in [1.29, 1.82) is 0 Å². The van der Waals surface area contributed by atoms with E-state index in [0.717, 1.165) is 25.9 Å². The lowest BCUT2D eigenvalue weighted by Crippen LogP contribution is -2.53. The summed E-state index contributed by atoms with van der Waals surface area (Å²) < 4.78 is 4.86. The number of ether oxygens (including phenoxy) is 1. The molecule has 4 rings (SSSR count). The minimum atomic E-state index is -0.456. The summed E-state index contributed by atoms with van der Waals surface area (Å²) in [5.41, 5.74) is 5.75. The topological polar surface area (TPSA) is 85.9 Å². The third-order valence-electron chi connectivity index (χ3n) is 7.40. The van der Waals surface area contributed by atoms with Crippen LogP contribution in [0.25, 0.3) is 0 Å². The number of aromatic nitrogens is 1. The summed E-state index contributed by atoms with van der Waals surface area (Å²) in [6, 6.07) is 6.49. The molecule has 1 N–H and O–H groups in total. The number of piperidine rings is 1. The average Bonchev–Trinajstić information content (AvgIpc) is 3.17. The smallest absolute Gasteiger partial charge is 0.339 e. The van der Waals surface area contributed by atoms with Gasteiger partial charge in [-0.05, 0) is 63.3 Å². The number of aromatic amines is 1. The van der Waals surface area contributed by atoms with Crippen LogP contribution in [0.4, 0.5) is 5.69 Å². The summed E-state index contributed by atoms with van der Waals surface area (Å²) in [7, 11) is 1.33. The maximum Gasteiger partial charge on any atom is 0.339 e. The number of nitrogens with one attached hydrogen (secondary N) is 1. The van der Waals surface area contributed by atoms with Gasteiger partial charge >= 0.3 is 5.97 Å². The number of rotatable bonds is 4. The van der Waals surface area contributed by atoms with Crippen molar-refractivity contribution < 1.29 is 19.1 Å². The molecule has 0 saturated carbocycles. The fraction of sp³-hybridized carbons (Fsp3) is 0.519. The van der Waals surface area contributed by atoms with E-state index in [1.54, 1.807) is 18.7 Å². The van der Waals surface area contributed by atoms with Gasteiger partial charge in [-0.3, -0.25) is 9.59 Å². The highest BCUT2D eigenvalue weighted by Crippen LogP contribution is 2.26. The van der Waals surface area contributed by atoms with Crippen molar-refractivity contribution in [2.75, 3.05) is 51.3 Å². The Bertz CT molecular complexity index is 1130. The van der Waals surface area contributed by atoms with Gasteiger partial charge in [-0.25, -0.2) is 4.79 Å². The molecule has 2 aliphatic heterocycles. The predicted molar refractivity (Wildman–Crippen MR) is 135 cm³/mol. The van der Waals surface area contributed by atoms with Gasteiger partial charge in [0.25, 0.3) is 5.91 Å². The van der Waals surface area contributed by atoms with E-state index in [4.69, 9.17) is 4.74 Å². The summed E-state index contributed by atoms with van der Waals surface area (Å²) in [5.74, 6) is -0.686. The molecule has 2 aliphatic rings. The van der Waals surface area contributed by atoms with Crippen molar-refractivity contribution in [3.05, 3.63) is 51.8 Å². The van der Waals surface area contributed by atoms with E-state index >= 15 is 0 Å². The number of piperazine rings is 1. The third kappa shape index (κ3) is 4.92. The third-order valence-corrected chi connectivity index (χ3v) is 7.40. The minimum Gasteiger partial charge on any atom is -0.465 e. The van der Waals surface area contributed by atoms with Gasteiger partial charge in [-0.2, -0.15) is 0 Å². The molecule has 8 heteroatoms. The van der Waals surface area contributed by atoms with E-state index in [2.05, 4.69) is 41.9 Å². The Morgan fingerprint density at radius 3 is 2.37 bits per heavy atom. The maximum absolute atomic E-state index is 13.4. The largest absolute Gasteiger partial charge is 0.465 e. The number of benzene rings is 1. The first-order valence-electron chi connectivity index (χ1n) is 12.4. The van der Waals surface area contributed by atoms with Crippen molar-refractivity contribution in [3.63, 3.8) is 0 Å². The normalized spacial score (nSPS) is 18.5. The Morgan fingerprint density at radius 1 is 0.971 bits per heavy atom. The first-order chi connectivity index (χ1) is 16.7. The summed E-state index contributed by atoms with van der Waals surface area (Å²) in [6.07, 6.45) is 1.57. The summed E-state index contributed by atoms with van der Waals surface area (Å²) in [6.45, 7) is 11.7. The minimum absolute atomic E-state index is 0.137. The number of likely N-dealkylation sites (tertiary alicyclic amines) is 1. The van der Waals surface area contributed by atoms with Gasteiger partial charge in [0.15, 0.2) is 0 Å². The number of hydrogen-bond donors (Lipinski definition) is 1. The van der Waals surface area contributed by atoms with Crippen LogP contribution < -0.4 is 4.90 Å². The molecule has 188 valence electrons. The standard InChI is InChI=1S/C27H36N4O4/c1-17-8-9-18(2)22(15-17)29-11-13-30(14-12-29)25(32)21-7-6-10-31(16-21)26(33)24-19(3)23(20(4)28-24)27(34)35-5/h8-9,15,21,28H,6-7,10-14,16H2,1-5H3. The molecule has 1 unspecified atom stereocenters. The molecule has 2 fully saturated rings. The van der Waals surface area contributed by atoms with Crippen LogP contribution in [-0.4, -0.2) is 78.9 Å². The number of carbonyl (C=O) groups is 3. The molecular weight excluding hydrogens is 444 g/mol. The van der Waals surface area contributed by atoms with E-state index in [1.165, 1.54) is 23.9 Å². The molecule has 1 aromatic carbocycles. The zero-order valence-electron chi connectivity index (χ0n) is 21.4. The van der Waals surface area contributed by atoms with Crippen molar-refractivity contribution >= 4 is 23.5 Å². The van der Waals surface area contributed by atoms with E-state index in [0.29, 0.717) is 48.7 Å². The second kappa shape index (κ2) is 10.1. The SMILES string of the molecule is COC(=O)c1c(C)[nH]c(C(=O)N2CCCC(C(=O)N3CCN(c4cc(C)ccc4C)CC3)C2)c1C. The zero-order chi connectivity index (χ0) is 25.3. The van der Waals surface area contributed by atoms with Gasteiger partial charge in [0, 0.05) is 50.6 Å². The van der Waals surface area contributed by atoms with Crippen LogP contribution in [0.15, 0.2) is 18.2 Å². The average molecular weight is 481 g/mol. The Balaban J connectivity index is 1.40. The fourth-order valence-corrected chi connectivity index (χ4v) is 5.38. The second-order valence-corrected chi connectivity index (χ2v) is 9.81. The van der Waals surface area contributed by atoms with Crippen molar-refractivity contribution in [2.24, 2.45) is 5.92 Å². The molecule has 0 aliphatic carbocycles. The predicted octanol–water partition coefficient (Wildman–Crippen LogP) is 3.24. The number of nitrogens with zero attached hydrogens (tertiary/aromatic N) is 3. The molecule has 3 heterocycles. The Morgan fingerprint density at radius 2 is 1.69 bits per heavy atom. The number of methoxy groups -OCH3 is 1. The van der Waals surface area contributed by atoms with E-state index in [1.807, 2.05) is 4.90 Å². The molecule has 2 amide bonds. The number of aryl methyl sites for hydroxylation is 3. The van der Waals surface area contributed by atoms with Gasteiger partial charge in [0.05, 0.1) is 18.6 Å².